The van der Waals surface area contributed by atoms with Gasteiger partial charge in [-0.05, 0) is 49.2 Å². The minimum atomic E-state index is -0.0701. The largest absolute Gasteiger partial charge is 0.320 e. The molecule has 0 spiro atoms. The fourth-order valence-electron chi connectivity index (χ4n) is 1.66. The summed E-state index contributed by atoms with van der Waals surface area (Å²) in [5.74, 6) is 0. The number of thiophene rings is 1. The molecule has 1 heterocycles. The minimum absolute atomic E-state index is 0.0701. The predicted molar refractivity (Wildman–Crippen MR) is 81.7 cm³/mol. The van der Waals surface area contributed by atoms with E-state index in [0.29, 0.717) is 0 Å². The molecule has 0 radical (unpaired) electrons. The van der Waals surface area contributed by atoms with Crippen LogP contribution in [-0.2, 0) is 0 Å². The first kappa shape index (κ1) is 13.3. The summed E-state index contributed by atoms with van der Waals surface area (Å²) in [6, 6.07) is 8.20. The molecule has 0 saturated carbocycles. The van der Waals surface area contributed by atoms with E-state index in [1.165, 1.54) is 15.3 Å². The Hall–Kier alpha value is -0.160. The zero-order chi connectivity index (χ0) is 12.6. The van der Waals surface area contributed by atoms with E-state index >= 15 is 0 Å². The Kier molecular flexibility index (Phi) is 4.08. The van der Waals surface area contributed by atoms with Gasteiger partial charge >= 0.3 is 0 Å². The monoisotopic (exact) mass is 373 g/mol. The lowest BCUT2D eigenvalue weighted by atomic mass is 10.1. The zero-order valence-corrected chi connectivity index (χ0v) is 13.6. The van der Waals surface area contributed by atoms with Gasteiger partial charge in [0, 0.05) is 18.7 Å². The molecule has 0 aliphatic heterocycles. The Balaban J connectivity index is 2.42. The summed E-state index contributed by atoms with van der Waals surface area (Å²) in [6.07, 6.45) is 0. The molecule has 0 aliphatic carbocycles. The lowest BCUT2D eigenvalue weighted by Crippen LogP contribution is -2.10. The minimum Gasteiger partial charge on any atom is -0.320 e. The van der Waals surface area contributed by atoms with Crippen LogP contribution < -0.4 is 5.73 Å². The average Bonchev–Trinajstić information content (AvgIpc) is 2.62. The highest BCUT2D eigenvalue weighted by atomic mass is 79.9. The molecule has 1 aromatic heterocycles. The van der Waals surface area contributed by atoms with Gasteiger partial charge in [-0.15, -0.1) is 11.3 Å². The molecule has 1 unspecified atom stereocenters. The molecular weight excluding hydrogens is 362 g/mol. The molecular formula is C13H13Br2NS. The molecule has 0 aliphatic rings. The van der Waals surface area contributed by atoms with Crippen LogP contribution in [0.1, 0.15) is 26.9 Å². The average molecular weight is 375 g/mol. The summed E-state index contributed by atoms with van der Waals surface area (Å²) < 4.78 is 2.10. The molecule has 4 heteroatoms. The van der Waals surface area contributed by atoms with Crippen LogP contribution in [0, 0.1) is 13.8 Å². The number of rotatable bonds is 2. The normalized spacial score (nSPS) is 12.8. The summed E-state index contributed by atoms with van der Waals surface area (Å²) in [6.45, 7) is 4.25. The van der Waals surface area contributed by atoms with Gasteiger partial charge in [-0.1, -0.05) is 31.9 Å². The lowest BCUT2D eigenvalue weighted by molar-refractivity contribution is 0.885. The molecule has 2 aromatic rings. The summed E-state index contributed by atoms with van der Waals surface area (Å²) >= 11 is 8.81. The van der Waals surface area contributed by atoms with Crippen molar-refractivity contribution in [2.24, 2.45) is 5.73 Å². The second kappa shape index (κ2) is 5.22. The van der Waals surface area contributed by atoms with Gasteiger partial charge in [0.1, 0.15) is 0 Å². The first-order chi connectivity index (χ1) is 7.99. The number of aryl methyl sites for hydroxylation is 2. The van der Waals surface area contributed by atoms with Gasteiger partial charge in [0.25, 0.3) is 0 Å². The molecule has 2 N–H and O–H groups in total. The van der Waals surface area contributed by atoms with Gasteiger partial charge in [0.15, 0.2) is 0 Å². The van der Waals surface area contributed by atoms with Crippen LogP contribution in [0.3, 0.4) is 0 Å². The van der Waals surface area contributed by atoms with Crippen molar-refractivity contribution in [3.63, 3.8) is 0 Å². The van der Waals surface area contributed by atoms with E-state index in [2.05, 4.69) is 57.8 Å². The van der Waals surface area contributed by atoms with Crippen LogP contribution in [0.15, 0.2) is 33.2 Å². The topological polar surface area (TPSA) is 26.0 Å². The number of nitrogens with two attached hydrogens (primary N) is 1. The van der Waals surface area contributed by atoms with Crippen molar-refractivity contribution in [1.29, 1.82) is 0 Å². The first-order valence-corrected chi connectivity index (χ1v) is 7.66. The fourth-order valence-corrected chi connectivity index (χ4v) is 3.60. The van der Waals surface area contributed by atoms with E-state index in [-0.39, 0.29) is 6.04 Å². The number of hydrogen-bond acceptors (Lipinski definition) is 2. The van der Waals surface area contributed by atoms with Gasteiger partial charge in [-0.2, -0.15) is 0 Å². The van der Waals surface area contributed by atoms with Crippen LogP contribution in [0.25, 0.3) is 0 Å². The second-order valence-electron chi connectivity index (χ2n) is 4.03. The van der Waals surface area contributed by atoms with E-state index in [4.69, 9.17) is 5.73 Å². The van der Waals surface area contributed by atoms with Crippen LogP contribution in [0.5, 0.6) is 0 Å². The Morgan fingerprint density at radius 3 is 2.47 bits per heavy atom. The van der Waals surface area contributed by atoms with Crippen molar-refractivity contribution in [2.75, 3.05) is 0 Å². The molecule has 90 valence electrons. The van der Waals surface area contributed by atoms with Crippen molar-refractivity contribution in [1.82, 2.24) is 0 Å². The van der Waals surface area contributed by atoms with Gasteiger partial charge in [-0.25, -0.2) is 0 Å². The van der Waals surface area contributed by atoms with Gasteiger partial charge in [-0.3, -0.25) is 0 Å². The molecule has 0 amide bonds. The summed E-state index contributed by atoms with van der Waals surface area (Å²) in [7, 11) is 0. The van der Waals surface area contributed by atoms with Crippen molar-refractivity contribution in [3.8, 4) is 0 Å². The van der Waals surface area contributed by atoms with Crippen LogP contribution in [0.2, 0.25) is 0 Å². The summed E-state index contributed by atoms with van der Waals surface area (Å²) in [4.78, 5) is 2.54. The predicted octanol–water partition coefficient (Wildman–Crippen LogP) is 4.94. The SMILES string of the molecule is Cc1cc(C(N)c2cc(Br)ccc2Br)sc1C. The van der Waals surface area contributed by atoms with Gasteiger partial charge < -0.3 is 5.73 Å². The third kappa shape index (κ3) is 2.81. The Morgan fingerprint density at radius 1 is 1.18 bits per heavy atom. The number of halogens is 2. The smallest absolute Gasteiger partial charge is 0.0657 e. The third-order valence-electron chi connectivity index (χ3n) is 2.78. The highest BCUT2D eigenvalue weighted by molar-refractivity contribution is 9.11. The van der Waals surface area contributed by atoms with Crippen molar-refractivity contribution in [2.45, 2.75) is 19.9 Å². The number of benzene rings is 1. The van der Waals surface area contributed by atoms with Gasteiger partial charge in [0.05, 0.1) is 6.04 Å². The van der Waals surface area contributed by atoms with Crippen molar-refractivity contribution in [3.05, 3.63) is 54.1 Å². The molecule has 1 atom stereocenters. The highest BCUT2D eigenvalue weighted by Gasteiger charge is 2.15. The Morgan fingerprint density at radius 2 is 1.88 bits per heavy atom. The van der Waals surface area contributed by atoms with E-state index in [1.54, 1.807) is 11.3 Å². The maximum Gasteiger partial charge on any atom is 0.0657 e. The molecule has 1 nitrogen and oxygen atoms in total. The zero-order valence-electron chi connectivity index (χ0n) is 9.63. The summed E-state index contributed by atoms with van der Waals surface area (Å²) in [5, 5.41) is 0. The molecule has 0 fully saturated rings. The van der Waals surface area contributed by atoms with Crippen molar-refractivity contribution >= 4 is 43.2 Å². The highest BCUT2D eigenvalue weighted by Crippen LogP contribution is 2.33. The Bertz CT molecular complexity index is 529. The molecule has 2 rings (SSSR count). The van der Waals surface area contributed by atoms with Crippen LogP contribution in [-0.4, -0.2) is 0 Å². The van der Waals surface area contributed by atoms with E-state index in [9.17, 15) is 0 Å². The lowest BCUT2D eigenvalue weighted by Gasteiger charge is -2.12. The molecule has 1 aromatic carbocycles. The second-order valence-corrected chi connectivity index (χ2v) is 7.09. The van der Waals surface area contributed by atoms with E-state index in [0.717, 1.165) is 14.5 Å². The summed E-state index contributed by atoms with van der Waals surface area (Å²) in [5.41, 5.74) is 8.75. The van der Waals surface area contributed by atoms with Crippen LogP contribution >= 0.6 is 43.2 Å². The van der Waals surface area contributed by atoms with Crippen molar-refractivity contribution < 1.29 is 0 Å². The quantitative estimate of drug-likeness (QED) is 0.791. The van der Waals surface area contributed by atoms with E-state index < -0.39 is 0 Å². The van der Waals surface area contributed by atoms with Crippen LogP contribution in [0.4, 0.5) is 0 Å². The fraction of sp³-hybridized carbons (Fsp3) is 0.231. The maximum absolute atomic E-state index is 6.33. The standard InChI is InChI=1S/C13H13Br2NS/c1-7-5-12(17-8(7)2)13(16)10-6-9(14)3-4-11(10)15/h3-6,13H,16H2,1-2H3. The first-order valence-electron chi connectivity index (χ1n) is 5.26. The maximum atomic E-state index is 6.33. The number of hydrogen-bond donors (Lipinski definition) is 1. The van der Waals surface area contributed by atoms with E-state index in [1.807, 2.05) is 12.1 Å². The third-order valence-corrected chi connectivity index (χ3v) is 5.24. The molecule has 17 heavy (non-hydrogen) atoms. The molecule has 0 bridgehead atoms. The van der Waals surface area contributed by atoms with Gasteiger partial charge in [0.2, 0.25) is 0 Å². The Labute approximate surface area is 122 Å². The molecule has 0 saturated heterocycles.